The van der Waals surface area contributed by atoms with E-state index in [9.17, 15) is 9.59 Å². The summed E-state index contributed by atoms with van der Waals surface area (Å²) < 4.78 is 0. The minimum atomic E-state index is -0.437. The van der Waals surface area contributed by atoms with Gasteiger partial charge in [-0.15, -0.1) is 0 Å². The molecule has 0 aliphatic carbocycles. The lowest BCUT2D eigenvalue weighted by molar-refractivity contribution is -0.127. The van der Waals surface area contributed by atoms with Crippen LogP contribution in [0.5, 0.6) is 0 Å². The second kappa shape index (κ2) is 4.68. The van der Waals surface area contributed by atoms with E-state index < -0.39 is 6.04 Å². The topological polar surface area (TPSA) is 75.4 Å². The van der Waals surface area contributed by atoms with E-state index in [1.165, 1.54) is 0 Å². The fourth-order valence-corrected chi connectivity index (χ4v) is 2.16. The molecule has 0 aromatic heterocycles. The monoisotopic (exact) mass is 247 g/mol. The number of amides is 2. The van der Waals surface area contributed by atoms with Crippen LogP contribution in [0.25, 0.3) is 0 Å². The Kier molecular flexibility index (Phi) is 3.23. The Hall–Kier alpha value is -2.04. The number of nitrogens with zero attached hydrogens (tertiary/aromatic N) is 1. The van der Waals surface area contributed by atoms with Crippen LogP contribution in [-0.2, 0) is 4.79 Å². The molecule has 1 saturated heterocycles. The van der Waals surface area contributed by atoms with E-state index >= 15 is 0 Å². The molecular weight excluding hydrogens is 230 g/mol. The molecule has 1 unspecified atom stereocenters. The SMILES string of the molecule is Cc1cc(N)cc(C(=O)N2CCNC(=O)C2C)c1. The van der Waals surface area contributed by atoms with Crippen LogP contribution in [-0.4, -0.2) is 35.8 Å². The molecule has 5 heteroatoms. The number of benzene rings is 1. The van der Waals surface area contributed by atoms with Crippen molar-refractivity contribution in [2.45, 2.75) is 19.9 Å². The van der Waals surface area contributed by atoms with E-state index in [-0.39, 0.29) is 11.8 Å². The first-order valence-corrected chi connectivity index (χ1v) is 5.95. The molecule has 1 aromatic rings. The van der Waals surface area contributed by atoms with Gasteiger partial charge in [0.05, 0.1) is 0 Å². The summed E-state index contributed by atoms with van der Waals surface area (Å²) in [4.78, 5) is 25.5. The van der Waals surface area contributed by atoms with Crippen molar-refractivity contribution in [3.05, 3.63) is 29.3 Å². The highest BCUT2D eigenvalue weighted by molar-refractivity contribution is 5.98. The summed E-state index contributed by atoms with van der Waals surface area (Å²) in [5, 5.41) is 2.73. The van der Waals surface area contributed by atoms with Crippen molar-refractivity contribution >= 4 is 17.5 Å². The quantitative estimate of drug-likeness (QED) is 0.711. The Morgan fingerprint density at radius 2 is 2.17 bits per heavy atom. The Morgan fingerprint density at radius 3 is 2.83 bits per heavy atom. The number of hydrogen-bond acceptors (Lipinski definition) is 3. The molecule has 2 rings (SSSR count). The van der Waals surface area contributed by atoms with Crippen LogP contribution in [0.3, 0.4) is 0 Å². The lowest BCUT2D eigenvalue weighted by Gasteiger charge is -2.33. The molecule has 18 heavy (non-hydrogen) atoms. The van der Waals surface area contributed by atoms with E-state index in [0.717, 1.165) is 5.56 Å². The maximum Gasteiger partial charge on any atom is 0.254 e. The zero-order chi connectivity index (χ0) is 13.3. The third-order valence-electron chi connectivity index (χ3n) is 3.11. The second-order valence-corrected chi connectivity index (χ2v) is 4.60. The minimum absolute atomic E-state index is 0.116. The summed E-state index contributed by atoms with van der Waals surface area (Å²) in [6.07, 6.45) is 0. The van der Waals surface area contributed by atoms with Gasteiger partial charge < -0.3 is 16.0 Å². The summed E-state index contributed by atoms with van der Waals surface area (Å²) in [6, 6.07) is 4.81. The number of nitrogens with two attached hydrogens (primary N) is 1. The van der Waals surface area contributed by atoms with Gasteiger partial charge in [-0.05, 0) is 37.6 Å². The Labute approximate surface area is 106 Å². The predicted molar refractivity (Wildman–Crippen MR) is 69.1 cm³/mol. The third kappa shape index (κ3) is 2.30. The first-order chi connectivity index (χ1) is 8.49. The molecule has 2 amide bonds. The molecule has 1 aliphatic heterocycles. The fraction of sp³-hybridized carbons (Fsp3) is 0.385. The molecule has 1 heterocycles. The van der Waals surface area contributed by atoms with E-state index in [2.05, 4.69) is 5.32 Å². The van der Waals surface area contributed by atoms with Crippen molar-refractivity contribution in [3.63, 3.8) is 0 Å². The van der Waals surface area contributed by atoms with Gasteiger partial charge in [0.15, 0.2) is 0 Å². The first kappa shape index (κ1) is 12.4. The molecule has 1 fully saturated rings. The van der Waals surface area contributed by atoms with Gasteiger partial charge in [-0.1, -0.05) is 0 Å². The molecular formula is C13H17N3O2. The summed E-state index contributed by atoms with van der Waals surface area (Å²) in [5.41, 5.74) is 7.77. The molecule has 96 valence electrons. The first-order valence-electron chi connectivity index (χ1n) is 5.95. The zero-order valence-corrected chi connectivity index (χ0v) is 10.6. The number of carbonyl (C=O) groups is 2. The summed E-state index contributed by atoms with van der Waals surface area (Å²) >= 11 is 0. The van der Waals surface area contributed by atoms with Crippen LogP contribution in [0.4, 0.5) is 5.69 Å². The summed E-state index contributed by atoms with van der Waals surface area (Å²) in [6.45, 7) is 4.64. The van der Waals surface area contributed by atoms with Crippen LogP contribution in [0, 0.1) is 6.92 Å². The lowest BCUT2D eigenvalue weighted by Crippen LogP contribution is -2.55. The van der Waals surface area contributed by atoms with Gasteiger partial charge in [0.1, 0.15) is 6.04 Å². The largest absolute Gasteiger partial charge is 0.399 e. The number of nitrogens with one attached hydrogen (secondary N) is 1. The number of rotatable bonds is 1. The molecule has 1 aromatic carbocycles. The van der Waals surface area contributed by atoms with Crippen LogP contribution < -0.4 is 11.1 Å². The Morgan fingerprint density at radius 1 is 1.44 bits per heavy atom. The van der Waals surface area contributed by atoms with Crippen molar-refractivity contribution < 1.29 is 9.59 Å². The molecule has 1 aliphatic rings. The van der Waals surface area contributed by atoms with Crippen LogP contribution in [0.2, 0.25) is 0 Å². The van der Waals surface area contributed by atoms with E-state index in [0.29, 0.717) is 24.3 Å². The molecule has 0 bridgehead atoms. The molecule has 0 spiro atoms. The van der Waals surface area contributed by atoms with Crippen molar-refractivity contribution in [2.75, 3.05) is 18.8 Å². The predicted octanol–water partition coefficient (Wildman–Crippen LogP) is 0.538. The van der Waals surface area contributed by atoms with E-state index in [4.69, 9.17) is 5.73 Å². The highest BCUT2D eigenvalue weighted by Crippen LogP contribution is 2.16. The molecule has 3 N–H and O–H groups in total. The van der Waals surface area contributed by atoms with Crippen molar-refractivity contribution in [1.29, 1.82) is 0 Å². The smallest absolute Gasteiger partial charge is 0.254 e. The maximum absolute atomic E-state index is 12.4. The Balaban J connectivity index is 2.27. The van der Waals surface area contributed by atoms with Crippen LogP contribution in [0.1, 0.15) is 22.8 Å². The van der Waals surface area contributed by atoms with Crippen LogP contribution >= 0.6 is 0 Å². The summed E-state index contributed by atoms with van der Waals surface area (Å²) in [5.74, 6) is -0.261. The highest BCUT2D eigenvalue weighted by Gasteiger charge is 2.29. The number of piperazine rings is 1. The minimum Gasteiger partial charge on any atom is -0.399 e. The fourth-order valence-electron chi connectivity index (χ4n) is 2.16. The van der Waals surface area contributed by atoms with Gasteiger partial charge in [0, 0.05) is 24.3 Å². The van der Waals surface area contributed by atoms with E-state index in [1.807, 2.05) is 13.0 Å². The van der Waals surface area contributed by atoms with Crippen molar-refractivity contribution in [1.82, 2.24) is 10.2 Å². The van der Waals surface area contributed by atoms with Gasteiger partial charge >= 0.3 is 0 Å². The number of carbonyl (C=O) groups excluding carboxylic acids is 2. The highest BCUT2D eigenvalue weighted by atomic mass is 16.2. The molecule has 1 atom stereocenters. The van der Waals surface area contributed by atoms with Gasteiger partial charge in [-0.3, -0.25) is 9.59 Å². The average Bonchev–Trinajstić information content (AvgIpc) is 2.30. The number of anilines is 1. The number of hydrogen-bond donors (Lipinski definition) is 2. The molecule has 0 saturated carbocycles. The molecule has 0 radical (unpaired) electrons. The number of nitrogen functional groups attached to an aromatic ring is 1. The molecule has 5 nitrogen and oxygen atoms in total. The lowest BCUT2D eigenvalue weighted by atomic mass is 10.1. The van der Waals surface area contributed by atoms with Gasteiger partial charge in [0.2, 0.25) is 5.91 Å². The third-order valence-corrected chi connectivity index (χ3v) is 3.11. The standard InChI is InChI=1S/C13H17N3O2/c1-8-5-10(7-11(14)6-8)13(18)16-4-3-15-12(17)9(16)2/h5-7,9H,3-4,14H2,1-2H3,(H,15,17). The van der Waals surface area contributed by atoms with Crippen molar-refractivity contribution in [2.24, 2.45) is 0 Å². The van der Waals surface area contributed by atoms with Gasteiger partial charge in [0.25, 0.3) is 5.91 Å². The Bertz CT molecular complexity index is 479. The van der Waals surface area contributed by atoms with Crippen LogP contribution in [0.15, 0.2) is 18.2 Å². The normalized spacial score (nSPS) is 19.6. The van der Waals surface area contributed by atoms with Gasteiger partial charge in [-0.25, -0.2) is 0 Å². The summed E-state index contributed by atoms with van der Waals surface area (Å²) in [7, 11) is 0. The average molecular weight is 247 g/mol. The van der Waals surface area contributed by atoms with Gasteiger partial charge in [-0.2, -0.15) is 0 Å². The maximum atomic E-state index is 12.4. The van der Waals surface area contributed by atoms with E-state index in [1.54, 1.807) is 24.0 Å². The zero-order valence-electron chi connectivity index (χ0n) is 10.6. The number of aryl methyl sites for hydroxylation is 1. The van der Waals surface area contributed by atoms with Crippen molar-refractivity contribution in [3.8, 4) is 0 Å². The second-order valence-electron chi connectivity index (χ2n) is 4.60.